The molecule has 0 unspecified atom stereocenters. The van der Waals surface area contributed by atoms with E-state index in [0.29, 0.717) is 0 Å². The van der Waals surface area contributed by atoms with Gasteiger partial charge in [-0.2, -0.15) is 0 Å². The van der Waals surface area contributed by atoms with E-state index in [1.807, 2.05) is 5.32 Å². The molecule has 4 nitrogen and oxygen atoms in total. The molecule has 0 spiro atoms. The number of hydrogen-bond donors (Lipinski definition) is 3. The highest BCUT2D eigenvalue weighted by molar-refractivity contribution is 4.44. The highest BCUT2D eigenvalue weighted by Gasteiger charge is 2.11. The molecule has 0 rings (SSSR count). The Bertz CT molecular complexity index is 48.6. The summed E-state index contributed by atoms with van der Waals surface area (Å²) in [4.78, 5) is 0. The molecular formula is C3H8NO3. The van der Waals surface area contributed by atoms with Gasteiger partial charge in [-0.05, 0) is 0 Å². The van der Waals surface area contributed by atoms with Gasteiger partial charge in [0.25, 0.3) is 0 Å². The summed E-state index contributed by atoms with van der Waals surface area (Å²) in [5.41, 5.74) is 0. The van der Waals surface area contributed by atoms with E-state index in [4.69, 9.17) is 10.2 Å². The maximum Gasteiger partial charge on any atom is 0.221 e. The molecule has 0 heterocycles. The minimum Gasteiger partial charge on any atom is -0.354 e. The summed E-state index contributed by atoms with van der Waals surface area (Å²) in [6.07, 6.45) is 0. The van der Waals surface area contributed by atoms with Crippen LogP contribution in [-0.2, 0) is 5.11 Å². The Labute approximate surface area is 41.4 Å². The molecule has 0 aliphatic heterocycles. The monoisotopic (exact) mass is 106 g/mol. The molecule has 0 fully saturated rings. The van der Waals surface area contributed by atoms with Crippen LogP contribution in [0.4, 0.5) is 0 Å². The average molecular weight is 106 g/mol. The Hall–Kier alpha value is -0.160. The Kier molecular flexibility index (Phi) is 2.17. The van der Waals surface area contributed by atoms with Crippen LogP contribution in [0.1, 0.15) is 6.92 Å². The lowest BCUT2D eigenvalue weighted by atomic mass is 10.6. The zero-order chi connectivity index (χ0) is 5.91. The zero-order valence-corrected chi connectivity index (χ0v) is 4.01. The summed E-state index contributed by atoms with van der Waals surface area (Å²) >= 11 is 0. The Morgan fingerprint density at radius 3 is 2.14 bits per heavy atom. The maximum absolute atomic E-state index is 9.51. The molecule has 0 aromatic heterocycles. The van der Waals surface area contributed by atoms with Crippen LogP contribution in [0.5, 0.6) is 0 Å². The molecule has 0 bridgehead atoms. The van der Waals surface area contributed by atoms with Crippen LogP contribution in [0.3, 0.4) is 0 Å². The number of aliphatic hydroxyl groups is 2. The normalized spacial score (nSPS) is 12.0. The quantitative estimate of drug-likeness (QED) is 0.380. The van der Waals surface area contributed by atoms with Crippen molar-refractivity contribution in [2.24, 2.45) is 0 Å². The van der Waals surface area contributed by atoms with Crippen molar-refractivity contribution in [3.05, 3.63) is 0 Å². The van der Waals surface area contributed by atoms with Gasteiger partial charge in [0.1, 0.15) is 6.73 Å². The van der Waals surface area contributed by atoms with Crippen LogP contribution in [0.2, 0.25) is 0 Å². The van der Waals surface area contributed by atoms with Gasteiger partial charge >= 0.3 is 0 Å². The smallest absolute Gasteiger partial charge is 0.221 e. The molecule has 7 heavy (non-hydrogen) atoms. The molecule has 0 aliphatic carbocycles. The molecule has 4 heteroatoms. The summed E-state index contributed by atoms with van der Waals surface area (Å²) < 4.78 is 0. The van der Waals surface area contributed by atoms with Crippen LogP contribution in [0.25, 0.3) is 0 Å². The van der Waals surface area contributed by atoms with Crippen LogP contribution in [0.15, 0.2) is 0 Å². The third-order valence-electron chi connectivity index (χ3n) is 0.407. The summed E-state index contributed by atoms with van der Waals surface area (Å²) in [6, 6.07) is 0. The molecular weight excluding hydrogens is 98.0 g/mol. The fourth-order valence-corrected chi connectivity index (χ4v) is 0.137. The van der Waals surface area contributed by atoms with E-state index in [0.717, 1.165) is 6.92 Å². The van der Waals surface area contributed by atoms with Crippen LogP contribution < -0.4 is 5.32 Å². The fraction of sp³-hybridized carbons (Fsp3) is 1.00. The lowest BCUT2D eigenvalue weighted by Crippen LogP contribution is -2.41. The Balaban J connectivity index is 3.15. The first-order chi connectivity index (χ1) is 3.06. The maximum atomic E-state index is 9.51. The highest BCUT2D eigenvalue weighted by atomic mass is 16.5. The van der Waals surface area contributed by atoms with E-state index in [1.54, 1.807) is 0 Å². The number of nitrogens with one attached hydrogen (secondary N) is 1. The van der Waals surface area contributed by atoms with E-state index in [9.17, 15) is 5.11 Å². The molecule has 0 amide bonds. The van der Waals surface area contributed by atoms with Crippen molar-refractivity contribution in [3.63, 3.8) is 0 Å². The molecule has 3 N–H and O–H groups in total. The molecule has 0 aromatic carbocycles. The van der Waals surface area contributed by atoms with Crippen molar-refractivity contribution in [2.75, 3.05) is 6.73 Å². The molecule has 0 saturated carbocycles. The third-order valence-corrected chi connectivity index (χ3v) is 0.407. The van der Waals surface area contributed by atoms with Crippen LogP contribution in [-0.4, -0.2) is 22.9 Å². The van der Waals surface area contributed by atoms with Crippen molar-refractivity contribution in [3.8, 4) is 0 Å². The largest absolute Gasteiger partial charge is 0.354 e. The number of rotatable bonds is 2. The van der Waals surface area contributed by atoms with Crippen molar-refractivity contribution >= 4 is 0 Å². The third kappa shape index (κ3) is 5.84. The molecule has 0 aromatic rings. The summed E-state index contributed by atoms with van der Waals surface area (Å²) in [5, 5.41) is 27.9. The minimum absolute atomic E-state index is 0.691. The standard InChI is InChI=1S/C3H8NO3/c1-3(6,7)4-2-5/h4,6-7H,2H2,1H3. The van der Waals surface area contributed by atoms with Gasteiger partial charge < -0.3 is 10.2 Å². The van der Waals surface area contributed by atoms with Gasteiger partial charge in [0.15, 0.2) is 0 Å². The Morgan fingerprint density at radius 1 is 1.71 bits per heavy atom. The summed E-state index contributed by atoms with van der Waals surface area (Å²) in [5.74, 6) is -2.01. The van der Waals surface area contributed by atoms with E-state index >= 15 is 0 Å². The van der Waals surface area contributed by atoms with Gasteiger partial charge in [0.2, 0.25) is 5.91 Å². The first kappa shape index (κ1) is 6.84. The van der Waals surface area contributed by atoms with Gasteiger partial charge in [-0.15, -0.1) is 0 Å². The van der Waals surface area contributed by atoms with Crippen LogP contribution >= 0.6 is 0 Å². The van der Waals surface area contributed by atoms with Crippen molar-refractivity contribution in [1.29, 1.82) is 0 Å². The summed E-state index contributed by atoms with van der Waals surface area (Å²) in [7, 11) is 0. The Morgan fingerprint density at radius 2 is 2.14 bits per heavy atom. The number of hydrogen-bond acceptors (Lipinski definition) is 3. The van der Waals surface area contributed by atoms with E-state index in [-0.39, 0.29) is 0 Å². The fourth-order valence-electron chi connectivity index (χ4n) is 0.137. The average Bonchev–Trinajstić information content (AvgIpc) is 1.30. The topological polar surface area (TPSA) is 72.4 Å². The first-order valence-electron chi connectivity index (χ1n) is 1.84. The van der Waals surface area contributed by atoms with E-state index < -0.39 is 12.6 Å². The molecule has 0 atom stereocenters. The van der Waals surface area contributed by atoms with Gasteiger partial charge in [-0.25, -0.2) is 10.4 Å². The SMILES string of the molecule is CC(O)(O)NC[O]. The lowest BCUT2D eigenvalue weighted by molar-refractivity contribution is -0.182. The molecule has 43 valence electrons. The van der Waals surface area contributed by atoms with Gasteiger partial charge in [-0.3, -0.25) is 0 Å². The van der Waals surface area contributed by atoms with E-state index in [2.05, 4.69) is 0 Å². The highest BCUT2D eigenvalue weighted by Crippen LogP contribution is 1.85. The van der Waals surface area contributed by atoms with Gasteiger partial charge in [0, 0.05) is 6.92 Å². The minimum atomic E-state index is -2.01. The van der Waals surface area contributed by atoms with Crippen molar-refractivity contribution in [1.82, 2.24) is 5.32 Å². The van der Waals surface area contributed by atoms with Crippen molar-refractivity contribution in [2.45, 2.75) is 12.8 Å². The predicted molar refractivity (Wildman–Crippen MR) is 21.5 cm³/mol. The summed E-state index contributed by atoms with van der Waals surface area (Å²) in [6.45, 7) is 0.383. The van der Waals surface area contributed by atoms with Crippen LogP contribution in [0, 0.1) is 0 Å². The molecule has 1 radical (unpaired) electrons. The van der Waals surface area contributed by atoms with Crippen molar-refractivity contribution < 1.29 is 15.3 Å². The predicted octanol–water partition coefficient (Wildman–Crippen LogP) is -1.38. The lowest BCUT2D eigenvalue weighted by Gasteiger charge is -2.13. The second kappa shape index (κ2) is 2.23. The van der Waals surface area contributed by atoms with E-state index in [1.165, 1.54) is 0 Å². The van der Waals surface area contributed by atoms with Gasteiger partial charge in [-0.1, -0.05) is 0 Å². The zero-order valence-electron chi connectivity index (χ0n) is 4.01. The molecule has 0 aliphatic rings. The molecule has 0 saturated heterocycles. The second-order valence-corrected chi connectivity index (χ2v) is 1.34. The van der Waals surface area contributed by atoms with Gasteiger partial charge in [0.05, 0.1) is 0 Å². The first-order valence-corrected chi connectivity index (χ1v) is 1.84. The second-order valence-electron chi connectivity index (χ2n) is 1.34.